The number of nitrogens with zero attached hydrogens (tertiary/aromatic N) is 1. The van der Waals surface area contributed by atoms with Gasteiger partial charge in [0.1, 0.15) is 0 Å². The van der Waals surface area contributed by atoms with Crippen molar-refractivity contribution in [1.29, 1.82) is 0 Å². The van der Waals surface area contributed by atoms with E-state index >= 15 is 0 Å². The molecule has 0 aromatic heterocycles. The summed E-state index contributed by atoms with van der Waals surface area (Å²) in [6.45, 7) is 3.43. The SMILES string of the molecule is CCCCCCCCC/C=C/C[N+](C)(C)C.[Cl-]. The Labute approximate surface area is 115 Å². The van der Waals surface area contributed by atoms with E-state index in [9.17, 15) is 0 Å². The van der Waals surface area contributed by atoms with Gasteiger partial charge in [0.2, 0.25) is 0 Å². The molecule has 0 aliphatic rings. The number of allylic oxidation sites excluding steroid dienone is 1. The van der Waals surface area contributed by atoms with Gasteiger partial charge in [0.15, 0.2) is 0 Å². The van der Waals surface area contributed by atoms with Crippen LogP contribution in [-0.4, -0.2) is 32.2 Å². The molecule has 0 N–H and O–H groups in total. The summed E-state index contributed by atoms with van der Waals surface area (Å²) in [7, 11) is 6.70. The molecule has 0 aliphatic carbocycles. The van der Waals surface area contributed by atoms with Crippen molar-refractivity contribution in [3.63, 3.8) is 0 Å². The molecule has 17 heavy (non-hydrogen) atoms. The minimum absolute atomic E-state index is 0. The van der Waals surface area contributed by atoms with Gasteiger partial charge < -0.3 is 16.9 Å². The molecule has 2 heteroatoms. The second kappa shape index (κ2) is 12.4. The zero-order chi connectivity index (χ0) is 12.3. The van der Waals surface area contributed by atoms with Crippen molar-refractivity contribution in [3.8, 4) is 0 Å². The van der Waals surface area contributed by atoms with Crippen LogP contribution in [0.15, 0.2) is 12.2 Å². The van der Waals surface area contributed by atoms with Crippen molar-refractivity contribution in [2.75, 3.05) is 27.7 Å². The number of quaternary nitrogens is 1. The quantitative estimate of drug-likeness (QED) is 0.317. The monoisotopic (exact) mass is 261 g/mol. The molecule has 0 atom stereocenters. The molecule has 0 amide bonds. The highest BCUT2D eigenvalue weighted by molar-refractivity contribution is 4.81. The van der Waals surface area contributed by atoms with E-state index in [1.54, 1.807) is 0 Å². The van der Waals surface area contributed by atoms with Gasteiger partial charge in [0, 0.05) is 0 Å². The Morgan fingerprint density at radius 2 is 1.29 bits per heavy atom. The normalized spacial score (nSPS) is 11.8. The van der Waals surface area contributed by atoms with Gasteiger partial charge in [0.25, 0.3) is 0 Å². The second-order valence-electron chi connectivity index (χ2n) is 5.85. The molecule has 0 bridgehead atoms. The van der Waals surface area contributed by atoms with Gasteiger partial charge in [-0.05, 0) is 18.9 Å². The number of halogens is 1. The van der Waals surface area contributed by atoms with Gasteiger partial charge >= 0.3 is 0 Å². The summed E-state index contributed by atoms with van der Waals surface area (Å²) in [5, 5.41) is 0. The van der Waals surface area contributed by atoms with Gasteiger partial charge in [-0.15, -0.1) is 0 Å². The zero-order valence-electron chi connectivity index (χ0n) is 12.3. The van der Waals surface area contributed by atoms with Crippen LogP contribution in [0.2, 0.25) is 0 Å². The predicted octanol–water partition coefficient (Wildman–Crippen LogP) is 1.39. The van der Waals surface area contributed by atoms with Crippen LogP contribution in [0.3, 0.4) is 0 Å². The van der Waals surface area contributed by atoms with Crippen molar-refractivity contribution >= 4 is 0 Å². The first-order valence-corrected chi connectivity index (χ1v) is 7.01. The molecule has 0 fully saturated rings. The van der Waals surface area contributed by atoms with E-state index in [1.807, 2.05) is 0 Å². The molecule has 0 aliphatic heterocycles. The molecule has 0 radical (unpaired) electrons. The van der Waals surface area contributed by atoms with E-state index in [4.69, 9.17) is 0 Å². The Morgan fingerprint density at radius 1 is 0.765 bits per heavy atom. The predicted molar refractivity (Wildman–Crippen MR) is 74.6 cm³/mol. The lowest BCUT2D eigenvalue weighted by Gasteiger charge is -2.21. The van der Waals surface area contributed by atoms with E-state index in [1.165, 1.54) is 51.4 Å². The Bertz CT molecular complexity index is 170. The van der Waals surface area contributed by atoms with Crippen molar-refractivity contribution < 1.29 is 16.9 Å². The average Bonchev–Trinajstić information content (AvgIpc) is 2.19. The molecule has 0 rings (SSSR count). The molecular formula is C15H32ClN. The highest BCUT2D eigenvalue weighted by Crippen LogP contribution is 2.08. The van der Waals surface area contributed by atoms with Crippen LogP contribution < -0.4 is 12.4 Å². The maximum atomic E-state index is 2.36. The molecule has 0 unspecified atom stereocenters. The van der Waals surface area contributed by atoms with Crippen LogP contribution in [0.1, 0.15) is 58.3 Å². The summed E-state index contributed by atoms with van der Waals surface area (Å²) in [6.07, 6.45) is 15.8. The Hall–Kier alpha value is -0.0100. The van der Waals surface area contributed by atoms with Gasteiger partial charge in [-0.2, -0.15) is 0 Å². The van der Waals surface area contributed by atoms with E-state index in [-0.39, 0.29) is 12.4 Å². The molecular weight excluding hydrogens is 230 g/mol. The van der Waals surface area contributed by atoms with Crippen molar-refractivity contribution in [3.05, 3.63) is 12.2 Å². The van der Waals surface area contributed by atoms with Gasteiger partial charge in [0.05, 0.1) is 27.7 Å². The lowest BCUT2D eigenvalue weighted by molar-refractivity contribution is -0.864. The second-order valence-corrected chi connectivity index (χ2v) is 5.85. The third kappa shape index (κ3) is 18.5. The van der Waals surface area contributed by atoms with Crippen LogP contribution >= 0.6 is 0 Å². The van der Waals surface area contributed by atoms with Gasteiger partial charge in [-0.1, -0.05) is 51.5 Å². The molecule has 0 saturated heterocycles. The Kier molecular flexibility index (Phi) is 14.2. The minimum atomic E-state index is 0. The highest BCUT2D eigenvalue weighted by atomic mass is 35.5. The van der Waals surface area contributed by atoms with Crippen molar-refractivity contribution in [2.24, 2.45) is 0 Å². The topological polar surface area (TPSA) is 0 Å². The Morgan fingerprint density at radius 3 is 1.82 bits per heavy atom. The fourth-order valence-corrected chi connectivity index (χ4v) is 1.73. The summed E-state index contributed by atoms with van der Waals surface area (Å²) < 4.78 is 1.04. The smallest absolute Gasteiger partial charge is 0.0967 e. The van der Waals surface area contributed by atoms with E-state index < -0.39 is 0 Å². The zero-order valence-corrected chi connectivity index (χ0v) is 13.1. The minimum Gasteiger partial charge on any atom is -1.00 e. The lowest BCUT2D eigenvalue weighted by Crippen LogP contribution is -3.00. The van der Waals surface area contributed by atoms with Crippen LogP contribution in [0.5, 0.6) is 0 Å². The van der Waals surface area contributed by atoms with E-state index in [0.717, 1.165) is 11.0 Å². The number of hydrogen-bond acceptors (Lipinski definition) is 0. The largest absolute Gasteiger partial charge is 1.00 e. The molecule has 0 heterocycles. The first-order chi connectivity index (χ1) is 7.56. The third-order valence-corrected chi connectivity index (χ3v) is 2.79. The average molecular weight is 262 g/mol. The van der Waals surface area contributed by atoms with E-state index in [2.05, 4.69) is 40.2 Å². The third-order valence-electron chi connectivity index (χ3n) is 2.79. The molecule has 0 aromatic carbocycles. The fraction of sp³-hybridized carbons (Fsp3) is 0.867. The maximum absolute atomic E-state index is 2.36. The van der Waals surface area contributed by atoms with E-state index in [0.29, 0.717) is 0 Å². The first-order valence-electron chi connectivity index (χ1n) is 7.01. The number of likely N-dealkylation sites (N-methyl/N-ethyl adjacent to an activating group) is 1. The molecule has 0 saturated carbocycles. The van der Waals surface area contributed by atoms with Gasteiger partial charge in [-0.3, -0.25) is 0 Å². The van der Waals surface area contributed by atoms with Crippen LogP contribution in [0.25, 0.3) is 0 Å². The lowest BCUT2D eigenvalue weighted by atomic mass is 10.1. The summed E-state index contributed by atoms with van der Waals surface area (Å²) in [5.41, 5.74) is 0. The maximum Gasteiger partial charge on any atom is 0.0967 e. The summed E-state index contributed by atoms with van der Waals surface area (Å²) in [5.74, 6) is 0. The fourth-order valence-electron chi connectivity index (χ4n) is 1.73. The summed E-state index contributed by atoms with van der Waals surface area (Å²) >= 11 is 0. The molecule has 104 valence electrons. The van der Waals surface area contributed by atoms with Crippen LogP contribution in [0, 0.1) is 0 Å². The molecule has 0 spiro atoms. The highest BCUT2D eigenvalue weighted by Gasteiger charge is 2.00. The van der Waals surface area contributed by atoms with Crippen LogP contribution in [-0.2, 0) is 0 Å². The van der Waals surface area contributed by atoms with Crippen molar-refractivity contribution in [1.82, 2.24) is 0 Å². The number of hydrogen-bond donors (Lipinski definition) is 0. The van der Waals surface area contributed by atoms with Gasteiger partial charge in [-0.25, -0.2) is 0 Å². The first kappa shape index (κ1) is 19.3. The van der Waals surface area contributed by atoms with Crippen molar-refractivity contribution in [2.45, 2.75) is 58.3 Å². The Balaban J connectivity index is 0. The number of rotatable bonds is 10. The number of unbranched alkanes of at least 4 members (excludes halogenated alkanes) is 7. The van der Waals surface area contributed by atoms with Crippen LogP contribution in [0.4, 0.5) is 0 Å². The molecule has 0 aromatic rings. The summed E-state index contributed by atoms with van der Waals surface area (Å²) in [6, 6.07) is 0. The summed E-state index contributed by atoms with van der Waals surface area (Å²) in [4.78, 5) is 0. The molecule has 1 nitrogen and oxygen atoms in total. The standard InChI is InChI=1S/C15H32N.ClH/c1-5-6-7-8-9-10-11-12-13-14-15-16(2,3)4;/h13-14H,5-12,15H2,1-4H3;1H/q+1;/p-1/b14-13+;.